The van der Waals surface area contributed by atoms with Gasteiger partial charge in [0.25, 0.3) is 0 Å². The molecule has 0 bridgehead atoms. The molecule has 4 N–H and O–H groups in total. The van der Waals surface area contributed by atoms with Crippen LogP contribution < -0.4 is 16.6 Å². The number of nitrogens with one attached hydrogen (secondary N) is 2. The molecular formula is C11H26N4O2. The lowest BCUT2D eigenvalue weighted by Crippen LogP contribution is -2.42. The van der Waals surface area contributed by atoms with Gasteiger partial charge in [-0.05, 0) is 25.7 Å². The number of rotatable bonds is 10. The van der Waals surface area contributed by atoms with Crippen molar-refractivity contribution in [1.29, 1.82) is 0 Å². The van der Waals surface area contributed by atoms with E-state index in [1.807, 2.05) is 0 Å². The van der Waals surface area contributed by atoms with Crippen LogP contribution in [0.4, 0.5) is 0 Å². The van der Waals surface area contributed by atoms with E-state index in [1.54, 1.807) is 14.2 Å². The van der Waals surface area contributed by atoms with Crippen molar-refractivity contribution in [2.45, 2.75) is 25.7 Å². The summed E-state index contributed by atoms with van der Waals surface area (Å²) in [5.41, 5.74) is 2.55. The van der Waals surface area contributed by atoms with Gasteiger partial charge < -0.3 is 14.8 Å². The highest BCUT2D eigenvalue weighted by Gasteiger charge is 1.95. The number of ether oxygens (including phenoxy) is 2. The molecular weight excluding hydrogens is 220 g/mol. The van der Waals surface area contributed by atoms with Crippen LogP contribution in [0.25, 0.3) is 0 Å². The number of hydrogen-bond donors (Lipinski definition) is 3. The Labute approximate surface area is 104 Å². The average Bonchev–Trinajstić information content (AvgIpc) is 2.36. The summed E-state index contributed by atoms with van der Waals surface area (Å²) >= 11 is 0. The normalized spacial score (nSPS) is 11.6. The van der Waals surface area contributed by atoms with Crippen molar-refractivity contribution in [3.8, 4) is 0 Å². The number of aliphatic imine (C=N–C) groups is 1. The fourth-order valence-corrected chi connectivity index (χ4v) is 1.31. The summed E-state index contributed by atoms with van der Waals surface area (Å²) in [6, 6.07) is 0. The Hall–Kier alpha value is -0.850. The molecule has 0 fully saturated rings. The number of hydrazine groups is 1. The first-order chi connectivity index (χ1) is 8.35. The summed E-state index contributed by atoms with van der Waals surface area (Å²) in [5, 5.41) is 3.16. The molecule has 0 saturated heterocycles. The smallest absolute Gasteiger partial charge is 0.205 e. The fraction of sp³-hybridized carbons (Fsp3) is 0.909. The molecule has 0 aliphatic carbocycles. The van der Waals surface area contributed by atoms with Gasteiger partial charge in [0.2, 0.25) is 5.96 Å². The molecule has 0 aliphatic heterocycles. The van der Waals surface area contributed by atoms with Crippen LogP contribution in [0.3, 0.4) is 0 Å². The Morgan fingerprint density at radius 3 is 2.41 bits per heavy atom. The van der Waals surface area contributed by atoms with Crippen LogP contribution in [-0.4, -0.2) is 46.5 Å². The van der Waals surface area contributed by atoms with E-state index in [1.165, 1.54) is 0 Å². The summed E-state index contributed by atoms with van der Waals surface area (Å²) in [4.78, 5) is 4.28. The highest BCUT2D eigenvalue weighted by Crippen LogP contribution is 1.93. The lowest BCUT2D eigenvalue weighted by Gasteiger charge is -2.08. The second-order valence-electron chi connectivity index (χ2n) is 3.70. The van der Waals surface area contributed by atoms with Gasteiger partial charge in [-0.15, -0.1) is 0 Å². The first-order valence-corrected chi connectivity index (χ1v) is 6.08. The Morgan fingerprint density at radius 2 is 1.76 bits per heavy atom. The van der Waals surface area contributed by atoms with Gasteiger partial charge in [-0.3, -0.25) is 10.4 Å². The first kappa shape index (κ1) is 16.1. The quantitative estimate of drug-likeness (QED) is 0.169. The Balaban J connectivity index is 3.46. The summed E-state index contributed by atoms with van der Waals surface area (Å²) in [5.74, 6) is 6.00. The van der Waals surface area contributed by atoms with Crippen molar-refractivity contribution >= 4 is 5.96 Å². The van der Waals surface area contributed by atoms with Crippen molar-refractivity contribution in [3.63, 3.8) is 0 Å². The van der Waals surface area contributed by atoms with Crippen LogP contribution >= 0.6 is 0 Å². The molecule has 0 rings (SSSR count). The van der Waals surface area contributed by atoms with Crippen LogP contribution in [0, 0.1) is 0 Å². The lowest BCUT2D eigenvalue weighted by atomic mass is 10.2. The van der Waals surface area contributed by atoms with Crippen LogP contribution in [-0.2, 0) is 9.47 Å². The van der Waals surface area contributed by atoms with Crippen molar-refractivity contribution in [2.24, 2.45) is 10.8 Å². The number of guanidine groups is 1. The molecule has 6 nitrogen and oxygen atoms in total. The van der Waals surface area contributed by atoms with Crippen LogP contribution in [0.2, 0.25) is 0 Å². The van der Waals surface area contributed by atoms with Crippen LogP contribution in [0.1, 0.15) is 25.7 Å². The zero-order valence-electron chi connectivity index (χ0n) is 11.0. The number of methoxy groups -OCH3 is 2. The Bertz CT molecular complexity index is 188. The summed E-state index contributed by atoms with van der Waals surface area (Å²) in [6.07, 6.45) is 4.22. The highest BCUT2D eigenvalue weighted by molar-refractivity contribution is 5.79. The summed E-state index contributed by atoms with van der Waals surface area (Å²) in [7, 11) is 3.41. The molecule has 6 heteroatoms. The number of hydrogen-bond acceptors (Lipinski definition) is 4. The van der Waals surface area contributed by atoms with E-state index in [2.05, 4.69) is 15.7 Å². The number of nitrogens with zero attached hydrogens (tertiary/aromatic N) is 1. The molecule has 0 unspecified atom stereocenters. The van der Waals surface area contributed by atoms with Crippen LogP contribution in [0.15, 0.2) is 4.99 Å². The van der Waals surface area contributed by atoms with Crippen molar-refractivity contribution in [1.82, 2.24) is 10.7 Å². The van der Waals surface area contributed by atoms with Gasteiger partial charge in [0.05, 0.1) is 0 Å². The highest BCUT2D eigenvalue weighted by atomic mass is 16.5. The second kappa shape index (κ2) is 13.2. The van der Waals surface area contributed by atoms with Crippen molar-refractivity contribution < 1.29 is 9.47 Å². The average molecular weight is 246 g/mol. The monoisotopic (exact) mass is 246 g/mol. The maximum Gasteiger partial charge on any atom is 0.205 e. The predicted octanol–water partition coefficient (Wildman–Crippen LogP) is 0.249. The maximum absolute atomic E-state index is 5.36. The predicted molar refractivity (Wildman–Crippen MR) is 69.8 cm³/mol. The number of unbranched alkanes of at least 4 members (excludes halogenated alkanes) is 2. The third-order valence-electron chi connectivity index (χ3n) is 2.23. The molecule has 0 saturated carbocycles. The van der Waals surface area contributed by atoms with E-state index >= 15 is 0 Å². The third-order valence-corrected chi connectivity index (χ3v) is 2.23. The van der Waals surface area contributed by atoms with E-state index in [4.69, 9.17) is 15.3 Å². The molecule has 0 aliphatic rings. The molecule has 102 valence electrons. The van der Waals surface area contributed by atoms with Gasteiger partial charge in [-0.25, -0.2) is 5.84 Å². The van der Waals surface area contributed by atoms with E-state index in [9.17, 15) is 0 Å². The van der Waals surface area contributed by atoms with Crippen molar-refractivity contribution in [2.75, 3.05) is 40.5 Å². The first-order valence-electron chi connectivity index (χ1n) is 6.08. The van der Waals surface area contributed by atoms with E-state index in [0.717, 1.165) is 45.4 Å². The van der Waals surface area contributed by atoms with Crippen LogP contribution in [0.5, 0.6) is 0 Å². The minimum atomic E-state index is 0.646. The van der Waals surface area contributed by atoms with Gasteiger partial charge in [-0.1, -0.05) is 0 Å². The van der Waals surface area contributed by atoms with Crippen molar-refractivity contribution in [3.05, 3.63) is 0 Å². The molecule has 0 heterocycles. The molecule has 0 amide bonds. The largest absolute Gasteiger partial charge is 0.385 e. The lowest BCUT2D eigenvalue weighted by molar-refractivity contribution is 0.192. The number of nitrogens with two attached hydrogens (primary N) is 1. The minimum absolute atomic E-state index is 0.646. The topological polar surface area (TPSA) is 80.9 Å². The zero-order chi connectivity index (χ0) is 12.8. The van der Waals surface area contributed by atoms with Gasteiger partial charge >= 0.3 is 0 Å². The molecule has 0 aromatic carbocycles. The summed E-state index contributed by atoms with van der Waals surface area (Å²) in [6.45, 7) is 3.13. The van der Waals surface area contributed by atoms with E-state index < -0.39 is 0 Å². The molecule has 0 aromatic heterocycles. The molecule has 17 heavy (non-hydrogen) atoms. The SMILES string of the molecule is COCCCCCNC(=NCCCOC)NN. The third kappa shape index (κ3) is 11.4. The molecule has 0 aromatic rings. The van der Waals surface area contributed by atoms with Gasteiger partial charge in [0.15, 0.2) is 0 Å². The molecule has 0 atom stereocenters. The summed E-state index contributed by atoms with van der Waals surface area (Å²) < 4.78 is 9.92. The Morgan fingerprint density at radius 1 is 1.06 bits per heavy atom. The zero-order valence-corrected chi connectivity index (χ0v) is 11.0. The van der Waals surface area contributed by atoms with Gasteiger partial charge in [0.1, 0.15) is 0 Å². The Kier molecular flexibility index (Phi) is 12.6. The van der Waals surface area contributed by atoms with E-state index in [-0.39, 0.29) is 0 Å². The standard InChI is InChI=1S/C11H26N4O2/c1-16-9-5-3-4-7-13-11(15-12)14-8-6-10-17-2/h3-10,12H2,1-2H3,(H2,13,14,15). The minimum Gasteiger partial charge on any atom is -0.385 e. The van der Waals surface area contributed by atoms with E-state index in [0.29, 0.717) is 12.5 Å². The molecule has 0 radical (unpaired) electrons. The molecule has 0 spiro atoms. The van der Waals surface area contributed by atoms with Gasteiger partial charge in [0, 0.05) is 40.5 Å². The fourth-order valence-electron chi connectivity index (χ4n) is 1.31. The van der Waals surface area contributed by atoms with Gasteiger partial charge in [-0.2, -0.15) is 0 Å². The maximum atomic E-state index is 5.36. The second-order valence-corrected chi connectivity index (χ2v) is 3.70.